The maximum absolute atomic E-state index is 12.1. The lowest BCUT2D eigenvalue weighted by atomic mass is 10.2. The Hall–Kier alpha value is -3.11. The number of tetrazole rings is 1. The van der Waals surface area contributed by atoms with Crippen LogP contribution >= 0.6 is 0 Å². The number of esters is 1. The third kappa shape index (κ3) is 5.71. The molecule has 0 aliphatic rings. The number of hydrogen-bond donors (Lipinski definition) is 0. The molecule has 0 aliphatic carbocycles. The van der Waals surface area contributed by atoms with Crippen molar-refractivity contribution in [3.63, 3.8) is 0 Å². The molecule has 3 aromatic rings. The van der Waals surface area contributed by atoms with Crippen molar-refractivity contribution < 1.29 is 17.9 Å². The van der Waals surface area contributed by atoms with Crippen molar-refractivity contribution in [3.8, 4) is 5.69 Å². The van der Waals surface area contributed by atoms with Gasteiger partial charge in [0.05, 0.1) is 30.3 Å². The van der Waals surface area contributed by atoms with Gasteiger partial charge in [-0.2, -0.15) is 4.68 Å². The standard InChI is InChI=1S/C20H23N5O4S/c1-3-29-20(26)15-24(13-16-7-5-4-6-8-16)14-19-21-22-23-25(19)17-9-11-18(12-10-17)30(2,27)28/h4-12H,3,13-15H2,1-2H3. The van der Waals surface area contributed by atoms with Crippen molar-refractivity contribution >= 4 is 15.8 Å². The minimum Gasteiger partial charge on any atom is -0.465 e. The second-order valence-corrected chi connectivity index (χ2v) is 8.72. The normalized spacial score (nSPS) is 11.6. The van der Waals surface area contributed by atoms with Crippen LogP contribution in [0.2, 0.25) is 0 Å². The SMILES string of the molecule is CCOC(=O)CN(Cc1ccccc1)Cc1nnnn1-c1ccc(S(C)(=O)=O)cc1. The molecule has 1 aromatic heterocycles. The van der Waals surface area contributed by atoms with Crippen LogP contribution in [0, 0.1) is 0 Å². The van der Waals surface area contributed by atoms with E-state index in [0.29, 0.717) is 31.2 Å². The molecule has 0 saturated carbocycles. The molecule has 0 bridgehead atoms. The molecule has 0 spiro atoms. The monoisotopic (exact) mass is 429 g/mol. The summed E-state index contributed by atoms with van der Waals surface area (Å²) in [6, 6.07) is 16.1. The Balaban J connectivity index is 1.83. The van der Waals surface area contributed by atoms with Gasteiger partial charge in [-0.25, -0.2) is 8.42 Å². The van der Waals surface area contributed by atoms with E-state index in [1.165, 1.54) is 16.8 Å². The summed E-state index contributed by atoms with van der Waals surface area (Å²) in [6.45, 7) is 2.97. The van der Waals surface area contributed by atoms with Gasteiger partial charge in [-0.15, -0.1) is 5.10 Å². The molecule has 0 atom stereocenters. The van der Waals surface area contributed by atoms with Gasteiger partial charge in [-0.1, -0.05) is 30.3 Å². The highest BCUT2D eigenvalue weighted by Gasteiger charge is 2.18. The second kappa shape index (κ2) is 9.59. The van der Waals surface area contributed by atoms with Crippen molar-refractivity contribution in [1.29, 1.82) is 0 Å². The van der Waals surface area contributed by atoms with Crippen LogP contribution in [0.3, 0.4) is 0 Å². The summed E-state index contributed by atoms with van der Waals surface area (Å²) in [5.74, 6) is 0.187. The third-order valence-corrected chi connectivity index (χ3v) is 5.44. The molecular weight excluding hydrogens is 406 g/mol. The predicted octanol–water partition coefficient (Wildman–Crippen LogP) is 1.63. The lowest BCUT2D eigenvalue weighted by Gasteiger charge is -2.21. The molecule has 0 unspecified atom stereocenters. The first-order valence-corrected chi connectivity index (χ1v) is 11.3. The van der Waals surface area contributed by atoms with Gasteiger partial charge >= 0.3 is 5.97 Å². The highest BCUT2D eigenvalue weighted by atomic mass is 32.2. The molecule has 0 N–H and O–H groups in total. The molecule has 0 amide bonds. The molecule has 158 valence electrons. The highest BCUT2D eigenvalue weighted by molar-refractivity contribution is 7.90. The number of nitrogens with zero attached hydrogens (tertiary/aromatic N) is 5. The number of benzene rings is 2. The summed E-state index contributed by atoms with van der Waals surface area (Å²) < 4.78 is 30.0. The average molecular weight is 430 g/mol. The van der Waals surface area contributed by atoms with Crippen LogP contribution < -0.4 is 0 Å². The van der Waals surface area contributed by atoms with Gasteiger partial charge < -0.3 is 4.74 Å². The Morgan fingerprint density at radius 1 is 1.07 bits per heavy atom. The Labute approximate surface area is 175 Å². The first kappa shape index (κ1) is 21.6. The third-order valence-electron chi connectivity index (χ3n) is 4.32. The number of carbonyl (C=O) groups excluding carboxylic acids is 1. The van der Waals surface area contributed by atoms with Gasteiger partial charge in [0.2, 0.25) is 0 Å². The van der Waals surface area contributed by atoms with E-state index in [4.69, 9.17) is 4.74 Å². The van der Waals surface area contributed by atoms with Crippen LogP contribution in [0.25, 0.3) is 5.69 Å². The Kier molecular flexibility index (Phi) is 6.91. The van der Waals surface area contributed by atoms with E-state index in [2.05, 4.69) is 15.5 Å². The zero-order valence-corrected chi connectivity index (χ0v) is 17.6. The maximum Gasteiger partial charge on any atom is 0.320 e. The van der Waals surface area contributed by atoms with Gasteiger partial charge in [0.15, 0.2) is 15.7 Å². The van der Waals surface area contributed by atoms with Crippen LogP contribution in [0.15, 0.2) is 59.5 Å². The molecule has 30 heavy (non-hydrogen) atoms. The summed E-state index contributed by atoms with van der Waals surface area (Å²) in [5.41, 5.74) is 1.66. The lowest BCUT2D eigenvalue weighted by Crippen LogP contribution is -2.31. The van der Waals surface area contributed by atoms with E-state index < -0.39 is 9.84 Å². The Bertz CT molecular complexity index is 1080. The summed E-state index contributed by atoms with van der Waals surface area (Å²) in [5, 5.41) is 11.9. The highest BCUT2D eigenvalue weighted by Crippen LogP contribution is 2.15. The van der Waals surface area contributed by atoms with Crippen LogP contribution in [0.1, 0.15) is 18.3 Å². The quantitative estimate of drug-likeness (QED) is 0.473. The Morgan fingerprint density at radius 2 is 1.77 bits per heavy atom. The molecule has 2 aromatic carbocycles. The van der Waals surface area contributed by atoms with Crippen molar-refractivity contribution in [2.24, 2.45) is 0 Å². The molecular formula is C20H23N5O4S. The number of sulfone groups is 1. The second-order valence-electron chi connectivity index (χ2n) is 6.71. The van der Waals surface area contributed by atoms with E-state index >= 15 is 0 Å². The van der Waals surface area contributed by atoms with Crippen molar-refractivity contribution in [1.82, 2.24) is 25.1 Å². The molecule has 0 fully saturated rings. The lowest BCUT2D eigenvalue weighted by molar-refractivity contribution is -0.144. The molecule has 0 saturated heterocycles. The van der Waals surface area contributed by atoms with Gasteiger partial charge in [0.1, 0.15) is 0 Å². The topological polar surface area (TPSA) is 107 Å². The molecule has 3 rings (SSSR count). The fourth-order valence-electron chi connectivity index (χ4n) is 2.94. The van der Waals surface area contributed by atoms with Crippen LogP contribution in [0.4, 0.5) is 0 Å². The number of hydrogen-bond acceptors (Lipinski definition) is 8. The fraction of sp³-hybridized carbons (Fsp3) is 0.300. The van der Waals surface area contributed by atoms with Crippen molar-refractivity contribution in [2.45, 2.75) is 24.9 Å². The van der Waals surface area contributed by atoms with Gasteiger partial charge in [-0.3, -0.25) is 9.69 Å². The first-order chi connectivity index (χ1) is 14.4. The number of aromatic nitrogens is 4. The largest absolute Gasteiger partial charge is 0.465 e. The van der Waals surface area contributed by atoms with E-state index in [9.17, 15) is 13.2 Å². The van der Waals surface area contributed by atoms with E-state index in [0.717, 1.165) is 11.8 Å². The van der Waals surface area contributed by atoms with Crippen molar-refractivity contribution in [3.05, 3.63) is 66.0 Å². The minimum absolute atomic E-state index is 0.0859. The molecule has 9 nitrogen and oxygen atoms in total. The molecule has 1 heterocycles. The van der Waals surface area contributed by atoms with E-state index in [1.54, 1.807) is 19.1 Å². The minimum atomic E-state index is -3.29. The summed E-state index contributed by atoms with van der Waals surface area (Å²) >= 11 is 0. The summed E-state index contributed by atoms with van der Waals surface area (Å²) in [7, 11) is -3.29. The number of carbonyl (C=O) groups is 1. The fourth-order valence-corrected chi connectivity index (χ4v) is 3.57. The molecule has 0 radical (unpaired) electrons. The zero-order chi connectivity index (χ0) is 21.6. The summed E-state index contributed by atoms with van der Waals surface area (Å²) in [4.78, 5) is 14.2. The molecule has 0 aliphatic heterocycles. The van der Waals surface area contributed by atoms with Crippen LogP contribution in [0.5, 0.6) is 0 Å². The first-order valence-electron chi connectivity index (χ1n) is 9.36. The smallest absolute Gasteiger partial charge is 0.320 e. The molecule has 10 heteroatoms. The zero-order valence-electron chi connectivity index (χ0n) is 16.8. The number of ether oxygens (including phenoxy) is 1. The van der Waals surface area contributed by atoms with Crippen LogP contribution in [-0.4, -0.2) is 58.9 Å². The van der Waals surface area contributed by atoms with Crippen molar-refractivity contribution in [2.75, 3.05) is 19.4 Å². The van der Waals surface area contributed by atoms with E-state index in [-0.39, 0.29) is 17.4 Å². The van der Waals surface area contributed by atoms with Gasteiger partial charge in [0, 0.05) is 12.8 Å². The van der Waals surface area contributed by atoms with Gasteiger partial charge in [-0.05, 0) is 47.2 Å². The predicted molar refractivity (Wildman–Crippen MR) is 109 cm³/mol. The van der Waals surface area contributed by atoms with Crippen LogP contribution in [-0.2, 0) is 32.5 Å². The van der Waals surface area contributed by atoms with Gasteiger partial charge in [0.25, 0.3) is 0 Å². The Morgan fingerprint density at radius 3 is 2.40 bits per heavy atom. The summed E-state index contributed by atoms with van der Waals surface area (Å²) in [6.07, 6.45) is 1.15. The van der Waals surface area contributed by atoms with E-state index in [1.807, 2.05) is 35.2 Å². The maximum atomic E-state index is 12.1. The average Bonchev–Trinajstić information content (AvgIpc) is 3.16. The number of rotatable bonds is 9.